The molecule has 7 nitrogen and oxygen atoms in total. The summed E-state index contributed by atoms with van der Waals surface area (Å²) in [6.07, 6.45) is 3.08. The van der Waals surface area contributed by atoms with Gasteiger partial charge in [0.05, 0.1) is 25.2 Å². The van der Waals surface area contributed by atoms with Crippen LogP contribution in [0.3, 0.4) is 0 Å². The van der Waals surface area contributed by atoms with Gasteiger partial charge in [-0.15, -0.1) is 0 Å². The third kappa shape index (κ3) is 3.47. The van der Waals surface area contributed by atoms with Crippen molar-refractivity contribution in [1.82, 2.24) is 19.8 Å². The van der Waals surface area contributed by atoms with Gasteiger partial charge in [-0.25, -0.2) is 4.98 Å². The monoisotopic (exact) mass is 368 g/mol. The van der Waals surface area contributed by atoms with Crippen molar-refractivity contribution in [3.63, 3.8) is 0 Å². The Morgan fingerprint density at radius 1 is 1.19 bits per heavy atom. The number of nitrogens with one attached hydrogen (secondary N) is 1. The number of nitrogens with zero attached hydrogens (tertiary/aromatic N) is 3. The Bertz CT molecular complexity index is 825. The molecular weight excluding hydrogens is 344 g/mol. The van der Waals surface area contributed by atoms with Crippen LogP contribution in [0.4, 0.5) is 0 Å². The van der Waals surface area contributed by atoms with E-state index in [0.29, 0.717) is 44.8 Å². The number of rotatable bonds is 3. The number of carbonyl (C=O) groups excluding carboxylic acids is 2. The number of fused-ring (bicyclic) bond motifs is 1. The lowest BCUT2D eigenvalue weighted by atomic mass is 9.95. The smallest absolute Gasteiger partial charge is 0.274 e. The van der Waals surface area contributed by atoms with E-state index in [1.807, 2.05) is 22.8 Å². The molecule has 7 heteroatoms. The summed E-state index contributed by atoms with van der Waals surface area (Å²) >= 11 is 0. The van der Waals surface area contributed by atoms with E-state index in [0.717, 1.165) is 11.3 Å². The largest absolute Gasteiger partial charge is 0.365 e. The SMILES string of the molecule is CNC(=O)C1CCN(C(=O)c2ncn3c2CO[C@@H](c2ccccc2)C3)CC1. The third-order valence-electron chi connectivity index (χ3n) is 5.50. The van der Waals surface area contributed by atoms with Crippen LogP contribution in [0.25, 0.3) is 0 Å². The normalized spacial score (nSPS) is 20.2. The Labute approximate surface area is 158 Å². The number of likely N-dealkylation sites (tertiary alicyclic amines) is 1. The van der Waals surface area contributed by atoms with Crippen LogP contribution in [0.2, 0.25) is 0 Å². The Morgan fingerprint density at radius 2 is 1.93 bits per heavy atom. The molecule has 3 heterocycles. The molecule has 2 amide bonds. The predicted molar refractivity (Wildman–Crippen MR) is 98.9 cm³/mol. The van der Waals surface area contributed by atoms with Crippen LogP contribution in [0.1, 0.15) is 40.7 Å². The highest BCUT2D eigenvalue weighted by Crippen LogP contribution is 2.28. The van der Waals surface area contributed by atoms with E-state index in [4.69, 9.17) is 4.74 Å². The van der Waals surface area contributed by atoms with Crippen LogP contribution in [0, 0.1) is 5.92 Å². The topological polar surface area (TPSA) is 76.5 Å². The van der Waals surface area contributed by atoms with E-state index < -0.39 is 0 Å². The molecular formula is C20H24N4O3. The van der Waals surface area contributed by atoms with Crippen LogP contribution in [-0.4, -0.2) is 46.4 Å². The molecule has 0 saturated carbocycles. The van der Waals surface area contributed by atoms with Crippen molar-refractivity contribution in [2.75, 3.05) is 20.1 Å². The molecule has 2 aliphatic heterocycles. The first kappa shape index (κ1) is 17.7. The van der Waals surface area contributed by atoms with Crippen molar-refractivity contribution in [1.29, 1.82) is 0 Å². The van der Waals surface area contributed by atoms with Crippen LogP contribution < -0.4 is 5.32 Å². The summed E-state index contributed by atoms with van der Waals surface area (Å²) in [5.41, 5.74) is 2.43. The maximum Gasteiger partial charge on any atom is 0.274 e. The van der Waals surface area contributed by atoms with Gasteiger partial charge < -0.3 is 19.5 Å². The standard InChI is InChI=1S/C20H24N4O3/c1-21-19(25)15-7-9-23(10-8-15)20(26)18-16-12-27-17(11-24(16)13-22-18)14-5-3-2-4-6-14/h2-6,13,15,17H,7-12H2,1H3,(H,21,25)/t17-/m1/s1. The van der Waals surface area contributed by atoms with E-state index in [-0.39, 0.29) is 23.8 Å². The van der Waals surface area contributed by atoms with Gasteiger partial charge in [-0.1, -0.05) is 30.3 Å². The molecule has 0 spiro atoms. The van der Waals surface area contributed by atoms with E-state index >= 15 is 0 Å². The molecule has 0 unspecified atom stereocenters. The van der Waals surface area contributed by atoms with Gasteiger partial charge in [-0.2, -0.15) is 0 Å². The molecule has 4 rings (SSSR count). The number of ether oxygens (including phenoxy) is 1. The van der Waals surface area contributed by atoms with Crippen molar-refractivity contribution < 1.29 is 14.3 Å². The predicted octanol–water partition coefficient (Wildman–Crippen LogP) is 1.75. The van der Waals surface area contributed by atoms with Gasteiger partial charge in [-0.05, 0) is 18.4 Å². The molecule has 1 aromatic carbocycles. The molecule has 1 saturated heterocycles. The highest BCUT2D eigenvalue weighted by Gasteiger charge is 2.31. The number of carbonyl (C=O) groups is 2. The lowest BCUT2D eigenvalue weighted by Crippen LogP contribution is -2.42. The first-order valence-electron chi connectivity index (χ1n) is 9.38. The molecule has 27 heavy (non-hydrogen) atoms. The highest BCUT2D eigenvalue weighted by molar-refractivity contribution is 5.93. The number of benzene rings is 1. The van der Waals surface area contributed by atoms with Crippen molar-refractivity contribution in [2.45, 2.75) is 32.1 Å². The summed E-state index contributed by atoms with van der Waals surface area (Å²) < 4.78 is 8.03. The van der Waals surface area contributed by atoms with Gasteiger partial charge in [0, 0.05) is 26.1 Å². The Balaban J connectivity index is 1.44. The Hall–Kier alpha value is -2.67. The summed E-state index contributed by atoms with van der Waals surface area (Å²) in [7, 11) is 1.65. The molecule has 2 aliphatic rings. The zero-order valence-electron chi connectivity index (χ0n) is 15.4. The lowest BCUT2D eigenvalue weighted by molar-refractivity contribution is -0.125. The summed E-state index contributed by atoms with van der Waals surface area (Å²) in [5, 5.41) is 2.69. The number of amides is 2. The molecule has 1 aromatic heterocycles. The summed E-state index contributed by atoms with van der Waals surface area (Å²) in [6.45, 7) is 2.18. The minimum absolute atomic E-state index is 0.00933. The zero-order chi connectivity index (χ0) is 18.8. The van der Waals surface area contributed by atoms with Gasteiger partial charge in [0.1, 0.15) is 6.10 Å². The third-order valence-corrected chi connectivity index (χ3v) is 5.50. The summed E-state index contributed by atoms with van der Waals surface area (Å²) in [6, 6.07) is 10.1. The maximum absolute atomic E-state index is 12.9. The number of imidazole rings is 1. The van der Waals surface area contributed by atoms with Crippen LogP contribution >= 0.6 is 0 Å². The molecule has 0 aliphatic carbocycles. The second-order valence-electron chi connectivity index (χ2n) is 7.08. The first-order valence-corrected chi connectivity index (χ1v) is 9.38. The van der Waals surface area contributed by atoms with Crippen molar-refractivity contribution >= 4 is 11.8 Å². The lowest BCUT2D eigenvalue weighted by Gasteiger charge is -2.31. The van der Waals surface area contributed by atoms with Crippen LogP contribution in [0.15, 0.2) is 36.7 Å². The minimum atomic E-state index is -0.0686. The molecule has 2 aromatic rings. The molecule has 1 N–H and O–H groups in total. The number of hydrogen-bond donors (Lipinski definition) is 1. The van der Waals surface area contributed by atoms with Crippen molar-refractivity contribution in [3.8, 4) is 0 Å². The fourth-order valence-electron chi connectivity index (χ4n) is 3.87. The van der Waals surface area contributed by atoms with E-state index in [9.17, 15) is 9.59 Å². The average Bonchev–Trinajstić information content (AvgIpc) is 3.16. The molecule has 1 fully saturated rings. The first-order chi connectivity index (χ1) is 13.2. The quantitative estimate of drug-likeness (QED) is 0.896. The van der Waals surface area contributed by atoms with Crippen LogP contribution in [0.5, 0.6) is 0 Å². The van der Waals surface area contributed by atoms with E-state index in [1.54, 1.807) is 18.3 Å². The molecule has 1 atom stereocenters. The number of hydrogen-bond acceptors (Lipinski definition) is 4. The average molecular weight is 368 g/mol. The second kappa shape index (κ2) is 7.52. The van der Waals surface area contributed by atoms with Crippen molar-refractivity contribution in [2.24, 2.45) is 5.92 Å². The maximum atomic E-state index is 12.9. The van der Waals surface area contributed by atoms with Gasteiger partial charge in [0.25, 0.3) is 5.91 Å². The summed E-state index contributed by atoms with van der Waals surface area (Å²) in [5.74, 6) is -0.0207. The van der Waals surface area contributed by atoms with Gasteiger partial charge in [0.15, 0.2) is 5.69 Å². The minimum Gasteiger partial charge on any atom is -0.365 e. The molecule has 0 bridgehead atoms. The Morgan fingerprint density at radius 3 is 2.63 bits per heavy atom. The fourth-order valence-corrected chi connectivity index (χ4v) is 3.87. The molecule has 142 valence electrons. The zero-order valence-corrected chi connectivity index (χ0v) is 15.4. The van der Waals surface area contributed by atoms with Gasteiger partial charge in [-0.3, -0.25) is 9.59 Å². The molecule has 0 radical (unpaired) electrons. The van der Waals surface area contributed by atoms with Crippen LogP contribution in [-0.2, 0) is 22.7 Å². The Kier molecular flexibility index (Phi) is 4.94. The van der Waals surface area contributed by atoms with Crippen molar-refractivity contribution in [3.05, 3.63) is 53.6 Å². The summed E-state index contributed by atoms with van der Waals surface area (Å²) in [4.78, 5) is 30.9. The second-order valence-corrected chi connectivity index (χ2v) is 7.08. The number of aromatic nitrogens is 2. The van der Waals surface area contributed by atoms with E-state index in [1.165, 1.54) is 0 Å². The van der Waals surface area contributed by atoms with Gasteiger partial charge in [0.2, 0.25) is 5.91 Å². The van der Waals surface area contributed by atoms with Gasteiger partial charge >= 0.3 is 0 Å². The highest BCUT2D eigenvalue weighted by atomic mass is 16.5. The number of piperidine rings is 1. The van der Waals surface area contributed by atoms with E-state index in [2.05, 4.69) is 22.4 Å². The fraction of sp³-hybridized carbons (Fsp3) is 0.450.